The Kier molecular flexibility index (Phi) is 6.12. The minimum Gasteiger partial charge on any atom is -0.496 e. The van der Waals surface area contributed by atoms with Gasteiger partial charge in [-0.05, 0) is 31.5 Å². The molecule has 1 atom stereocenters. The number of nitrogens with zero attached hydrogens (tertiary/aromatic N) is 4. The Labute approximate surface area is 173 Å². The van der Waals surface area contributed by atoms with Crippen LogP contribution in [0.5, 0.6) is 5.75 Å². The number of likely N-dealkylation sites (tertiary alicyclic amines) is 1. The third kappa shape index (κ3) is 4.60. The highest BCUT2D eigenvalue weighted by Crippen LogP contribution is 2.35. The summed E-state index contributed by atoms with van der Waals surface area (Å²) >= 11 is 1.42. The average molecular weight is 410 g/mol. The quantitative estimate of drug-likeness (QED) is 0.672. The van der Waals surface area contributed by atoms with Gasteiger partial charge in [-0.2, -0.15) is 0 Å². The van der Waals surface area contributed by atoms with E-state index >= 15 is 0 Å². The van der Waals surface area contributed by atoms with E-state index in [0.717, 1.165) is 48.6 Å². The van der Waals surface area contributed by atoms with Crippen LogP contribution in [0.2, 0.25) is 0 Å². The number of methoxy groups -OCH3 is 1. The number of anilines is 1. The highest BCUT2D eigenvalue weighted by molar-refractivity contribution is 7.13. The summed E-state index contributed by atoms with van der Waals surface area (Å²) in [5, 5.41) is 5.34. The molecule has 0 spiro atoms. The minimum absolute atomic E-state index is 0.0373. The van der Waals surface area contributed by atoms with E-state index in [-0.39, 0.29) is 11.8 Å². The number of carbonyl (C=O) groups is 1. The molecule has 1 aromatic carbocycles. The standard InChI is InChI=1S/C21H23N5O2S/c1-28-17-7-3-2-6-16(17)20-19(22-8-9-23-20)15-5-4-11-26(13-15)14-18(27)25-21-24-10-12-29-21/h2-3,6-10,12,15H,4-5,11,13-14H2,1H3,(H,24,25,27). The molecule has 0 aliphatic carbocycles. The molecule has 1 saturated heterocycles. The topological polar surface area (TPSA) is 80.2 Å². The van der Waals surface area contributed by atoms with E-state index in [1.807, 2.05) is 29.6 Å². The van der Waals surface area contributed by atoms with Crippen molar-refractivity contribution in [3.05, 3.63) is 53.9 Å². The lowest BCUT2D eigenvalue weighted by Gasteiger charge is -2.32. The van der Waals surface area contributed by atoms with Crippen molar-refractivity contribution < 1.29 is 9.53 Å². The molecule has 0 bridgehead atoms. The van der Waals surface area contributed by atoms with E-state index in [1.54, 1.807) is 25.7 Å². The first-order valence-electron chi connectivity index (χ1n) is 9.60. The van der Waals surface area contributed by atoms with Crippen LogP contribution < -0.4 is 10.1 Å². The van der Waals surface area contributed by atoms with Gasteiger partial charge in [0.05, 0.1) is 25.0 Å². The molecule has 1 N–H and O–H groups in total. The SMILES string of the molecule is COc1ccccc1-c1nccnc1C1CCCN(CC(=O)Nc2nccs2)C1. The molecular formula is C21H23N5O2S. The van der Waals surface area contributed by atoms with Crippen LogP contribution >= 0.6 is 11.3 Å². The predicted molar refractivity (Wildman–Crippen MR) is 113 cm³/mol. The Balaban J connectivity index is 1.51. The van der Waals surface area contributed by atoms with Gasteiger partial charge in [0.1, 0.15) is 5.75 Å². The number of nitrogens with one attached hydrogen (secondary N) is 1. The first-order valence-corrected chi connectivity index (χ1v) is 10.5. The van der Waals surface area contributed by atoms with Crippen molar-refractivity contribution in [1.29, 1.82) is 0 Å². The third-order valence-electron chi connectivity index (χ3n) is 5.03. The van der Waals surface area contributed by atoms with Crippen molar-refractivity contribution in [1.82, 2.24) is 19.9 Å². The summed E-state index contributed by atoms with van der Waals surface area (Å²) in [7, 11) is 1.66. The second-order valence-corrected chi connectivity index (χ2v) is 7.84. The van der Waals surface area contributed by atoms with E-state index in [4.69, 9.17) is 4.74 Å². The molecule has 0 radical (unpaired) electrons. The van der Waals surface area contributed by atoms with Crippen LogP contribution in [0.3, 0.4) is 0 Å². The molecular weight excluding hydrogens is 386 g/mol. The molecule has 4 rings (SSSR count). The van der Waals surface area contributed by atoms with Crippen LogP contribution in [-0.4, -0.2) is 52.5 Å². The van der Waals surface area contributed by atoms with E-state index in [1.165, 1.54) is 11.3 Å². The third-order valence-corrected chi connectivity index (χ3v) is 5.72. The zero-order valence-electron chi connectivity index (χ0n) is 16.2. The van der Waals surface area contributed by atoms with Crippen molar-refractivity contribution >= 4 is 22.4 Å². The van der Waals surface area contributed by atoms with Gasteiger partial charge in [-0.1, -0.05) is 12.1 Å². The van der Waals surface area contributed by atoms with Crippen LogP contribution in [0, 0.1) is 0 Å². The highest BCUT2D eigenvalue weighted by atomic mass is 32.1. The Bertz CT molecular complexity index is 963. The smallest absolute Gasteiger partial charge is 0.240 e. The van der Waals surface area contributed by atoms with E-state index < -0.39 is 0 Å². The molecule has 7 nitrogen and oxygen atoms in total. The number of benzene rings is 1. The number of para-hydroxylation sites is 1. The summed E-state index contributed by atoms with van der Waals surface area (Å²) in [6, 6.07) is 7.87. The van der Waals surface area contributed by atoms with Gasteiger partial charge in [0.25, 0.3) is 0 Å². The van der Waals surface area contributed by atoms with Crippen molar-refractivity contribution in [2.75, 3.05) is 32.1 Å². The number of hydrogen-bond acceptors (Lipinski definition) is 7. The van der Waals surface area contributed by atoms with Gasteiger partial charge in [-0.3, -0.25) is 19.7 Å². The monoisotopic (exact) mass is 409 g/mol. The molecule has 8 heteroatoms. The summed E-state index contributed by atoms with van der Waals surface area (Å²) in [4.78, 5) is 27.9. The number of piperidine rings is 1. The minimum atomic E-state index is -0.0373. The Morgan fingerprint density at radius 2 is 2.10 bits per heavy atom. The first-order chi connectivity index (χ1) is 14.2. The number of carbonyl (C=O) groups excluding carboxylic acids is 1. The maximum Gasteiger partial charge on any atom is 0.240 e. The lowest BCUT2D eigenvalue weighted by atomic mass is 9.91. The van der Waals surface area contributed by atoms with Gasteiger partial charge in [-0.25, -0.2) is 4.98 Å². The number of ether oxygens (including phenoxy) is 1. The molecule has 1 fully saturated rings. The Morgan fingerprint density at radius 1 is 1.24 bits per heavy atom. The second-order valence-electron chi connectivity index (χ2n) is 6.95. The largest absolute Gasteiger partial charge is 0.496 e. The van der Waals surface area contributed by atoms with Crippen LogP contribution in [0.15, 0.2) is 48.2 Å². The number of thiazole rings is 1. The van der Waals surface area contributed by atoms with Crippen molar-refractivity contribution in [3.63, 3.8) is 0 Å². The van der Waals surface area contributed by atoms with E-state index in [2.05, 4.69) is 25.2 Å². The van der Waals surface area contributed by atoms with Crippen molar-refractivity contribution in [3.8, 4) is 17.0 Å². The Morgan fingerprint density at radius 3 is 2.93 bits per heavy atom. The zero-order valence-corrected chi connectivity index (χ0v) is 17.1. The summed E-state index contributed by atoms with van der Waals surface area (Å²) in [6.45, 7) is 2.01. The number of amides is 1. The van der Waals surface area contributed by atoms with Gasteiger partial charge in [-0.15, -0.1) is 11.3 Å². The maximum absolute atomic E-state index is 12.4. The number of aromatic nitrogens is 3. The summed E-state index contributed by atoms with van der Waals surface area (Å²) in [5.41, 5.74) is 2.75. The van der Waals surface area contributed by atoms with Gasteiger partial charge in [0.15, 0.2) is 5.13 Å². The lowest BCUT2D eigenvalue weighted by Crippen LogP contribution is -2.40. The predicted octanol–water partition coefficient (Wildman–Crippen LogP) is 3.43. The normalized spacial score (nSPS) is 17.1. The van der Waals surface area contributed by atoms with Crippen LogP contribution in [-0.2, 0) is 4.79 Å². The fourth-order valence-corrected chi connectivity index (χ4v) is 4.31. The molecule has 1 aliphatic rings. The summed E-state index contributed by atoms with van der Waals surface area (Å²) in [6.07, 6.45) is 7.17. The molecule has 1 aliphatic heterocycles. The van der Waals surface area contributed by atoms with Crippen molar-refractivity contribution in [2.45, 2.75) is 18.8 Å². The molecule has 2 aromatic heterocycles. The van der Waals surface area contributed by atoms with Gasteiger partial charge >= 0.3 is 0 Å². The molecule has 150 valence electrons. The van der Waals surface area contributed by atoms with Crippen LogP contribution in [0.25, 0.3) is 11.3 Å². The van der Waals surface area contributed by atoms with Crippen LogP contribution in [0.4, 0.5) is 5.13 Å². The molecule has 29 heavy (non-hydrogen) atoms. The zero-order chi connectivity index (χ0) is 20.1. The fraction of sp³-hybridized carbons (Fsp3) is 0.333. The molecule has 3 aromatic rings. The first kappa shape index (κ1) is 19.5. The maximum atomic E-state index is 12.4. The van der Waals surface area contributed by atoms with Gasteiger partial charge < -0.3 is 10.1 Å². The molecule has 0 saturated carbocycles. The highest BCUT2D eigenvalue weighted by Gasteiger charge is 2.27. The lowest BCUT2D eigenvalue weighted by molar-refractivity contribution is -0.117. The fourth-order valence-electron chi connectivity index (χ4n) is 3.76. The number of rotatable bonds is 6. The summed E-state index contributed by atoms with van der Waals surface area (Å²) in [5.74, 6) is 0.958. The van der Waals surface area contributed by atoms with E-state index in [9.17, 15) is 4.79 Å². The molecule has 3 heterocycles. The molecule has 1 amide bonds. The van der Waals surface area contributed by atoms with Crippen molar-refractivity contribution in [2.24, 2.45) is 0 Å². The average Bonchev–Trinajstić information content (AvgIpc) is 3.26. The Hall–Kier alpha value is -2.84. The summed E-state index contributed by atoms with van der Waals surface area (Å²) < 4.78 is 5.53. The second kappa shape index (κ2) is 9.11. The van der Waals surface area contributed by atoms with E-state index in [0.29, 0.717) is 11.7 Å². The number of hydrogen-bond donors (Lipinski definition) is 1. The molecule has 1 unspecified atom stereocenters. The van der Waals surface area contributed by atoms with Crippen LogP contribution in [0.1, 0.15) is 24.5 Å². The van der Waals surface area contributed by atoms with Gasteiger partial charge in [0, 0.05) is 42.0 Å². The van der Waals surface area contributed by atoms with Gasteiger partial charge in [0.2, 0.25) is 5.91 Å².